The number of aromatic nitrogens is 2. The summed E-state index contributed by atoms with van der Waals surface area (Å²) >= 11 is 0. The third kappa shape index (κ3) is 3.75. The molecule has 2 aromatic heterocycles. The van der Waals surface area contributed by atoms with Crippen LogP contribution in [0.3, 0.4) is 0 Å². The van der Waals surface area contributed by atoms with E-state index < -0.39 is 0 Å². The molecule has 0 radical (unpaired) electrons. The molecule has 0 bridgehead atoms. The summed E-state index contributed by atoms with van der Waals surface area (Å²) in [5.41, 5.74) is 12.0. The van der Waals surface area contributed by atoms with Crippen molar-refractivity contribution in [3.8, 4) is 33.6 Å². The number of nitrogens with zero attached hydrogens (tertiary/aromatic N) is 2. The number of hydrogen-bond acceptors (Lipinski definition) is 0. The summed E-state index contributed by atoms with van der Waals surface area (Å²) < 4.78 is 4.86. The van der Waals surface area contributed by atoms with E-state index >= 15 is 0 Å². The standard InChI is InChI=1S/C42H28N2/c1-4-14-29(15-5-1)31-18-12-21-33(26-31)44-38-24-11-10-22-35(38)36-27-37-41(28-40(36)44)43(32-19-8-3-9-20-32)39-25-13-23-34(42(37)39)30-16-6-2-7-17-30/h1-28H. The minimum absolute atomic E-state index is 1.16. The first kappa shape index (κ1) is 24.7. The van der Waals surface area contributed by atoms with Gasteiger partial charge in [-0.05, 0) is 70.8 Å². The van der Waals surface area contributed by atoms with E-state index in [-0.39, 0.29) is 0 Å². The van der Waals surface area contributed by atoms with E-state index in [1.54, 1.807) is 0 Å². The molecule has 44 heavy (non-hydrogen) atoms. The van der Waals surface area contributed by atoms with Crippen LogP contribution in [0.25, 0.3) is 77.2 Å². The zero-order chi connectivity index (χ0) is 29.0. The van der Waals surface area contributed by atoms with Gasteiger partial charge in [0.05, 0.1) is 22.1 Å². The number of fused-ring (bicyclic) bond motifs is 6. The van der Waals surface area contributed by atoms with Crippen LogP contribution < -0.4 is 0 Å². The van der Waals surface area contributed by atoms with Gasteiger partial charge in [-0.1, -0.05) is 121 Å². The molecule has 0 aliphatic carbocycles. The summed E-state index contributed by atoms with van der Waals surface area (Å²) in [6.45, 7) is 0. The van der Waals surface area contributed by atoms with Crippen molar-refractivity contribution < 1.29 is 0 Å². The summed E-state index contributed by atoms with van der Waals surface area (Å²) in [7, 11) is 0. The van der Waals surface area contributed by atoms with Crippen molar-refractivity contribution in [2.45, 2.75) is 0 Å². The molecule has 0 unspecified atom stereocenters. The highest BCUT2D eigenvalue weighted by Gasteiger charge is 2.20. The van der Waals surface area contributed by atoms with Crippen molar-refractivity contribution in [1.29, 1.82) is 0 Å². The molecular formula is C42H28N2. The van der Waals surface area contributed by atoms with Gasteiger partial charge in [-0.15, -0.1) is 0 Å². The molecule has 7 aromatic carbocycles. The highest BCUT2D eigenvalue weighted by Crippen LogP contribution is 2.42. The molecule has 0 amide bonds. The molecule has 9 aromatic rings. The van der Waals surface area contributed by atoms with Crippen LogP contribution in [0.2, 0.25) is 0 Å². The Hall–Kier alpha value is -5.86. The first-order valence-corrected chi connectivity index (χ1v) is 15.1. The third-order valence-electron chi connectivity index (χ3n) is 8.89. The quantitative estimate of drug-likeness (QED) is 0.203. The van der Waals surface area contributed by atoms with E-state index in [2.05, 4.69) is 179 Å². The molecule has 2 heterocycles. The topological polar surface area (TPSA) is 9.86 Å². The van der Waals surface area contributed by atoms with Crippen LogP contribution in [0.1, 0.15) is 0 Å². The smallest absolute Gasteiger partial charge is 0.0562 e. The van der Waals surface area contributed by atoms with Crippen molar-refractivity contribution in [2.75, 3.05) is 0 Å². The molecule has 206 valence electrons. The van der Waals surface area contributed by atoms with Gasteiger partial charge in [0.1, 0.15) is 0 Å². The number of benzene rings is 7. The average molecular weight is 561 g/mol. The Balaban J connectivity index is 1.42. The van der Waals surface area contributed by atoms with Gasteiger partial charge in [0.15, 0.2) is 0 Å². The minimum Gasteiger partial charge on any atom is -0.309 e. The fraction of sp³-hybridized carbons (Fsp3) is 0. The number of para-hydroxylation sites is 2. The lowest BCUT2D eigenvalue weighted by atomic mass is 9.99. The van der Waals surface area contributed by atoms with Crippen LogP contribution in [-0.2, 0) is 0 Å². The first-order chi connectivity index (χ1) is 21.8. The second-order valence-corrected chi connectivity index (χ2v) is 11.4. The maximum absolute atomic E-state index is 2.43. The third-order valence-corrected chi connectivity index (χ3v) is 8.89. The summed E-state index contributed by atoms with van der Waals surface area (Å²) in [6.07, 6.45) is 0. The maximum atomic E-state index is 2.43. The van der Waals surface area contributed by atoms with Crippen LogP contribution in [0.15, 0.2) is 170 Å². The highest BCUT2D eigenvalue weighted by molar-refractivity contribution is 6.22. The SMILES string of the molecule is c1ccc(-c2cccc(-n3c4ccccc4c4cc5c6c(-c7ccccc7)cccc6n(-c6ccccc6)c5cc43)c2)cc1. The van der Waals surface area contributed by atoms with Gasteiger partial charge in [-0.25, -0.2) is 0 Å². The Labute approximate surface area is 255 Å². The first-order valence-electron chi connectivity index (χ1n) is 15.1. The van der Waals surface area contributed by atoms with E-state index in [4.69, 9.17) is 0 Å². The summed E-state index contributed by atoms with van der Waals surface area (Å²) in [6, 6.07) is 61.4. The molecule has 0 spiro atoms. The van der Waals surface area contributed by atoms with Crippen molar-refractivity contribution in [2.24, 2.45) is 0 Å². The van der Waals surface area contributed by atoms with Crippen LogP contribution in [0.4, 0.5) is 0 Å². The molecular weight excluding hydrogens is 532 g/mol. The predicted molar refractivity (Wildman–Crippen MR) is 186 cm³/mol. The van der Waals surface area contributed by atoms with Gasteiger partial charge < -0.3 is 9.13 Å². The number of hydrogen-bond donors (Lipinski definition) is 0. The van der Waals surface area contributed by atoms with Gasteiger partial charge >= 0.3 is 0 Å². The highest BCUT2D eigenvalue weighted by atomic mass is 15.0. The van der Waals surface area contributed by atoms with E-state index in [0.29, 0.717) is 0 Å². The van der Waals surface area contributed by atoms with Crippen LogP contribution in [0.5, 0.6) is 0 Å². The molecule has 0 fully saturated rings. The van der Waals surface area contributed by atoms with E-state index in [0.717, 1.165) is 11.4 Å². The van der Waals surface area contributed by atoms with Crippen molar-refractivity contribution in [1.82, 2.24) is 9.13 Å². The van der Waals surface area contributed by atoms with Gasteiger partial charge in [0.2, 0.25) is 0 Å². The van der Waals surface area contributed by atoms with Gasteiger partial charge in [-0.3, -0.25) is 0 Å². The zero-order valence-corrected chi connectivity index (χ0v) is 24.1. The molecule has 0 saturated heterocycles. The van der Waals surface area contributed by atoms with Crippen molar-refractivity contribution in [3.63, 3.8) is 0 Å². The fourth-order valence-electron chi connectivity index (χ4n) is 6.98. The molecule has 0 N–H and O–H groups in total. The van der Waals surface area contributed by atoms with Gasteiger partial charge in [-0.2, -0.15) is 0 Å². The molecule has 0 saturated carbocycles. The monoisotopic (exact) mass is 560 g/mol. The Bertz CT molecular complexity index is 2470. The lowest BCUT2D eigenvalue weighted by Gasteiger charge is -2.11. The fourth-order valence-corrected chi connectivity index (χ4v) is 6.98. The lowest BCUT2D eigenvalue weighted by molar-refractivity contribution is 1.16. The van der Waals surface area contributed by atoms with Gasteiger partial charge in [0, 0.05) is 32.9 Å². The summed E-state index contributed by atoms with van der Waals surface area (Å²) in [5, 5.41) is 5.06. The molecule has 2 heteroatoms. The van der Waals surface area contributed by atoms with Gasteiger partial charge in [0.25, 0.3) is 0 Å². The normalized spacial score (nSPS) is 11.6. The Morgan fingerprint density at radius 1 is 0.295 bits per heavy atom. The Kier molecular flexibility index (Phi) is 5.54. The Morgan fingerprint density at radius 3 is 1.66 bits per heavy atom. The Morgan fingerprint density at radius 2 is 0.864 bits per heavy atom. The van der Waals surface area contributed by atoms with Crippen LogP contribution in [0, 0.1) is 0 Å². The average Bonchev–Trinajstić information content (AvgIpc) is 3.60. The summed E-state index contributed by atoms with van der Waals surface area (Å²) in [4.78, 5) is 0. The number of rotatable bonds is 4. The second-order valence-electron chi connectivity index (χ2n) is 11.4. The lowest BCUT2D eigenvalue weighted by Crippen LogP contribution is -1.96. The van der Waals surface area contributed by atoms with Crippen LogP contribution >= 0.6 is 0 Å². The minimum atomic E-state index is 1.16. The van der Waals surface area contributed by atoms with Crippen LogP contribution in [-0.4, -0.2) is 9.13 Å². The van der Waals surface area contributed by atoms with Crippen molar-refractivity contribution >= 4 is 43.6 Å². The van der Waals surface area contributed by atoms with E-state index in [1.165, 1.54) is 65.9 Å². The molecule has 0 aliphatic heterocycles. The molecule has 0 atom stereocenters. The van der Waals surface area contributed by atoms with E-state index in [1.807, 2.05) is 0 Å². The molecule has 2 nitrogen and oxygen atoms in total. The largest absolute Gasteiger partial charge is 0.309 e. The molecule has 0 aliphatic rings. The maximum Gasteiger partial charge on any atom is 0.0562 e. The predicted octanol–water partition coefficient (Wildman–Crippen LogP) is 11.2. The summed E-state index contributed by atoms with van der Waals surface area (Å²) in [5.74, 6) is 0. The van der Waals surface area contributed by atoms with E-state index in [9.17, 15) is 0 Å². The second kappa shape index (κ2) is 9.86. The van der Waals surface area contributed by atoms with Crippen molar-refractivity contribution in [3.05, 3.63) is 170 Å². The molecule has 9 rings (SSSR count). The zero-order valence-electron chi connectivity index (χ0n) is 24.1.